The van der Waals surface area contributed by atoms with Crippen molar-refractivity contribution in [2.24, 2.45) is 0 Å². The van der Waals surface area contributed by atoms with Crippen molar-refractivity contribution in [3.63, 3.8) is 0 Å². The average molecular weight is 197 g/mol. The summed E-state index contributed by atoms with van der Waals surface area (Å²) in [4.78, 5) is 0. The van der Waals surface area contributed by atoms with Crippen LogP contribution in [-0.4, -0.2) is 0 Å². The topological polar surface area (TPSA) is 0 Å². The Morgan fingerprint density at radius 2 is 2.30 bits per heavy atom. The third kappa shape index (κ3) is 0.734. The van der Waals surface area contributed by atoms with Crippen LogP contribution >= 0.6 is 15.9 Å². The lowest BCUT2D eigenvalue weighted by Crippen LogP contribution is -2.13. The maximum absolute atomic E-state index is 3.52. The molecule has 0 amide bonds. The van der Waals surface area contributed by atoms with E-state index in [9.17, 15) is 0 Å². The van der Waals surface area contributed by atoms with Crippen molar-refractivity contribution in [1.29, 1.82) is 0 Å². The maximum atomic E-state index is 3.52. The zero-order valence-corrected chi connectivity index (χ0v) is 7.48. The van der Waals surface area contributed by atoms with E-state index in [1.165, 1.54) is 22.0 Å². The Balaban J connectivity index is 2.56. The highest BCUT2D eigenvalue weighted by Crippen LogP contribution is 2.38. The Bertz CT molecular complexity index is 265. The molecule has 0 heterocycles. The lowest BCUT2D eigenvalue weighted by atomic mass is 9.79. The van der Waals surface area contributed by atoms with Crippen molar-refractivity contribution in [2.75, 3.05) is 0 Å². The second-order valence-electron chi connectivity index (χ2n) is 2.91. The summed E-state index contributed by atoms with van der Waals surface area (Å²) < 4.78 is 1.28. The highest BCUT2D eigenvalue weighted by atomic mass is 79.9. The van der Waals surface area contributed by atoms with Gasteiger partial charge in [0, 0.05) is 4.47 Å². The molecule has 1 aromatic rings. The minimum absolute atomic E-state index is 0.785. The molecule has 1 atom stereocenters. The van der Waals surface area contributed by atoms with E-state index in [1.54, 1.807) is 0 Å². The first-order valence-electron chi connectivity index (χ1n) is 3.56. The van der Waals surface area contributed by atoms with Crippen LogP contribution in [0.25, 0.3) is 0 Å². The van der Waals surface area contributed by atoms with E-state index >= 15 is 0 Å². The molecular weight excluding hydrogens is 188 g/mol. The lowest BCUT2D eigenvalue weighted by Gasteiger charge is -2.27. The molecule has 0 radical (unpaired) electrons. The van der Waals surface area contributed by atoms with Crippen LogP contribution in [0.5, 0.6) is 0 Å². The van der Waals surface area contributed by atoms with E-state index in [4.69, 9.17) is 0 Å². The second-order valence-corrected chi connectivity index (χ2v) is 3.77. The summed E-state index contributed by atoms with van der Waals surface area (Å²) in [7, 11) is 0. The fourth-order valence-electron chi connectivity index (χ4n) is 1.54. The van der Waals surface area contributed by atoms with Crippen LogP contribution in [0.2, 0.25) is 0 Å². The van der Waals surface area contributed by atoms with Gasteiger partial charge >= 0.3 is 0 Å². The predicted octanol–water partition coefficient (Wildman–Crippen LogP) is 3.11. The average Bonchev–Trinajstić information content (AvgIpc) is 1.91. The molecule has 0 aliphatic heterocycles. The van der Waals surface area contributed by atoms with Gasteiger partial charge in [-0.1, -0.05) is 35.0 Å². The molecular formula is C9H9Br. The molecule has 2 rings (SSSR count). The number of rotatable bonds is 0. The molecule has 52 valence electrons. The van der Waals surface area contributed by atoms with Crippen molar-refractivity contribution in [1.82, 2.24) is 0 Å². The standard InChI is InChI=1S/C9H9Br/c1-6-5-8-7(6)3-2-4-9(8)10/h2-4,6H,5H2,1H3/t6-/m1/s1. The molecule has 1 aliphatic rings. The largest absolute Gasteiger partial charge is 0.0608 e. The summed E-state index contributed by atoms with van der Waals surface area (Å²) in [6.07, 6.45) is 1.25. The number of halogens is 1. The van der Waals surface area contributed by atoms with Gasteiger partial charge in [-0.25, -0.2) is 0 Å². The molecule has 0 saturated heterocycles. The SMILES string of the molecule is C[C@@H]1Cc2c(Br)cccc21. The summed E-state index contributed by atoms with van der Waals surface area (Å²) in [5, 5.41) is 0. The zero-order chi connectivity index (χ0) is 7.14. The monoisotopic (exact) mass is 196 g/mol. The summed E-state index contributed by atoms with van der Waals surface area (Å²) >= 11 is 3.52. The van der Waals surface area contributed by atoms with Crippen LogP contribution in [0.1, 0.15) is 24.0 Å². The van der Waals surface area contributed by atoms with E-state index in [0.717, 1.165) is 5.92 Å². The Hall–Kier alpha value is -0.300. The first kappa shape index (κ1) is 6.41. The van der Waals surface area contributed by atoms with Gasteiger partial charge in [0.05, 0.1) is 0 Å². The normalized spacial score (nSPS) is 21.6. The molecule has 0 aromatic heterocycles. The Kier molecular flexibility index (Phi) is 1.34. The van der Waals surface area contributed by atoms with Crippen LogP contribution < -0.4 is 0 Å². The van der Waals surface area contributed by atoms with E-state index in [1.807, 2.05) is 0 Å². The second kappa shape index (κ2) is 2.09. The van der Waals surface area contributed by atoms with Crippen molar-refractivity contribution in [3.8, 4) is 0 Å². The number of fused-ring (bicyclic) bond motifs is 1. The summed E-state index contributed by atoms with van der Waals surface area (Å²) in [6, 6.07) is 6.44. The Labute approximate surface area is 69.4 Å². The van der Waals surface area contributed by atoms with E-state index < -0.39 is 0 Å². The summed E-state index contributed by atoms with van der Waals surface area (Å²) in [5.41, 5.74) is 3.03. The van der Waals surface area contributed by atoms with Gasteiger partial charge in [0.1, 0.15) is 0 Å². The molecule has 0 unspecified atom stereocenters. The van der Waals surface area contributed by atoms with Gasteiger partial charge < -0.3 is 0 Å². The third-order valence-corrected chi connectivity index (χ3v) is 2.94. The minimum Gasteiger partial charge on any atom is -0.0608 e. The van der Waals surface area contributed by atoms with Crippen LogP contribution in [-0.2, 0) is 6.42 Å². The van der Waals surface area contributed by atoms with E-state index in [0.29, 0.717) is 0 Å². The molecule has 10 heavy (non-hydrogen) atoms. The molecule has 0 saturated carbocycles. The quantitative estimate of drug-likeness (QED) is 0.599. The molecule has 1 heteroatoms. The summed E-state index contributed by atoms with van der Waals surface area (Å²) in [6.45, 7) is 2.27. The maximum Gasteiger partial charge on any atom is 0.0210 e. The first-order chi connectivity index (χ1) is 4.79. The number of hydrogen-bond donors (Lipinski definition) is 0. The molecule has 1 aliphatic carbocycles. The number of hydrogen-bond acceptors (Lipinski definition) is 0. The lowest BCUT2D eigenvalue weighted by molar-refractivity contribution is 0.663. The van der Waals surface area contributed by atoms with Crippen LogP contribution in [0, 0.1) is 0 Å². The van der Waals surface area contributed by atoms with E-state index in [-0.39, 0.29) is 0 Å². The molecule has 0 fully saturated rings. The zero-order valence-electron chi connectivity index (χ0n) is 5.89. The fourth-order valence-corrected chi connectivity index (χ4v) is 2.08. The van der Waals surface area contributed by atoms with Crippen LogP contribution in [0.3, 0.4) is 0 Å². The highest BCUT2D eigenvalue weighted by Gasteiger charge is 2.22. The minimum atomic E-state index is 0.785. The van der Waals surface area contributed by atoms with Crippen LogP contribution in [0.15, 0.2) is 22.7 Å². The highest BCUT2D eigenvalue weighted by molar-refractivity contribution is 9.10. The Morgan fingerprint density at radius 3 is 2.90 bits per heavy atom. The van der Waals surface area contributed by atoms with Crippen molar-refractivity contribution in [3.05, 3.63) is 33.8 Å². The Morgan fingerprint density at radius 1 is 1.50 bits per heavy atom. The molecule has 0 N–H and O–H groups in total. The van der Waals surface area contributed by atoms with Gasteiger partial charge in [-0.2, -0.15) is 0 Å². The van der Waals surface area contributed by atoms with Gasteiger partial charge in [-0.3, -0.25) is 0 Å². The smallest absolute Gasteiger partial charge is 0.0210 e. The first-order valence-corrected chi connectivity index (χ1v) is 4.35. The van der Waals surface area contributed by atoms with Crippen molar-refractivity contribution in [2.45, 2.75) is 19.3 Å². The van der Waals surface area contributed by atoms with Gasteiger partial charge in [0.2, 0.25) is 0 Å². The fraction of sp³-hybridized carbons (Fsp3) is 0.333. The van der Waals surface area contributed by atoms with Crippen molar-refractivity contribution < 1.29 is 0 Å². The third-order valence-electron chi connectivity index (χ3n) is 2.20. The molecule has 1 aromatic carbocycles. The summed E-state index contributed by atoms with van der Waals surface area (Å²) in [5.74, 6) is 0.785. The molecule has 0 bridgehead atoms. The van der Waals surface area contributed by atoms with Gasteiger partial charge in [0.25, 0.3) is 0 Å². The number of benzene rings is 1. The van der Waals surface area contributed by atoms with Crippen LogP contribution in [0.4, 0.5) is 0 Å². The predicted molar refractivity (Wildman–Crippen MR) is 46.3 cm³/mol. The van der Waals surface area contributed by atoms with Gasteiger partial charge in [-0.15, -0.1) is 0 Å². The van der Waals surface area contributed by atoms with Gasteiger partial charge in [0.15, 0.2) is 0 Å². The van der Waals surface area contributed by atoms with Gasteiger partial charge in [-0.05, 0) is 29.5 Å². The van der Waals surface area contributed by atoms with E-state index in [2.05, 4.69) is 41.1 Å². The molecule has 0 nitrogen and oxygen atoms in total. The molecule has 0 spiro atoms. The van der Waals surface area contributed by atoms with Crippen molar-refractivity contribution >= 4 is 15.9 Å².